The number of ether oxygens (including phenoxy) is 1. The van der Waals surface area contributed by atoms with Gasteiger partial charge < -0.3 is 20.3 Å². The molecule has 2 aromatic carbocycles. The van der Waals surface area contributed by atoms with E-state index in [1.165, 1.54) is 0 Å². The average molecular weight is 466 g/mol. The summed E-state index contributed by atoms with van der Waals surface area (Å²) in [7, 11) is 1.57. The fraction of sp³-hybridized carbons (Fsp3) is 0.444. The molecule has 34 heavy (non-hydrogen) atoms. The van der Waals surface area contributed by atoms with Gasteiger partial charge in [-0.2, -0.15) is 0 Å². The maximum absolute atomic E-state index is 13.1. The lowest BCUT2D eigenvalue weighted by atomic mass is 9.88. The predicted molar refractivity (Wildman–Crippen MR) is 132 cm³/mol. The molecule has 0 radical (unpaired) electrons. The smallest absolute Gasteiger partial charge is 0.253 e. The minimum absolute atomic E-state index is 0.00465. The molecule has 7 heteroatoms. The number of aryl methyl sites for hydroxylation is 1. The average Bonchev–Trinajstić information content (AvgIpc) is 2.86. The van der Waals surface area contributed by atoms with Gasteiger partial charge in [0, 0.05) is 30.3 Å². The van der Waals surface area contributed by atoms with Crippen LogP contribution in [-0.4, -0.2) is 54.9 Å². The van der Waals surface area contributed by atoms with Gasteiger partial charge in [-0.1, -0.05) is 24.6 Å². The lowest BCUT2D eigenvalue weighted by molar-refractivity contribution is -0.125. The van der Waals surface area contributed by atoms with E-state index in [0.717, 1.165) is 12.0 Å². The van der Waals surface area contributed by atoms with E-state index in [2.05, 4.69) is 10.6 Å². The highest BCUT2D eigenvalue weighted by Crippen LogP contribution is 2.23. The number of piperidine rings is 1. The molecule has 1 fully saturated rings. The summed E-state index contributed by atoms with van der Waals surface area (Å²) in [5, 5.41) is 5.97. The highest BCUT2D eigenvalue weighted by atomic mass is 16.5. The summed E-state index contributed by atoms with van der Waals surface area (Å²) < 4.78 is 5.16. The Hall–Kier alpha value is -3.35. The zero-order chi connectivity index (χ0) is 24.7. The Morgan fingerprint density at radius 3 is 2.29 bits per heavy atom. The SMILES string of the molecule is CCC(C)NC(=O)C(NC(=O)c1ccc(OC)cc1)C1CCN(C(=O)c2cccc(C)c2)CC1. The van der Waals surface area contributed by atoms with Crippen molar-refractivity contribution in [2.45, 2.75) is 52.1 Å². The maximum atomic E-state index is 13.1. The molecule has 0 aromatic heterocycles. The molecule has 1 aliphatic rings. The molecule has 2 aromatic rings. The molecule has 1 aliphatic heterocycles. The van der Waals surface area contributed by atoms with Gasteiger partial charge in [0.25, 0.3) is 11.8 Å². The third-order valence-corrected chi connectivity index (χ3v) is 6.49. The van der Waals surface area contributed by atoms with Crippen molar-refractivity contribution >= 4 is 17.7 Å². The molecular weight excluding hydrogens is 430 g/mol. The second kappa shape index (κ2) is 11.7. The van der Waals surface area contributed by atoms with Crippen molar-refractivity contribution in [2.24, 2.45) is 5.92 Å². The summed E-state index contributed by atoms with van der Waals surface area (Å²) in [5.74, 6) is 0.121. The predicted octanol–water partition coefficient (Wildman–Crippen LogP) is 3.57. The van der Waals surface area contributed by atoms with Gasteiger partial charge in [-0.05, 0) is 75.4 Å². The molecule has 0 bridgehead atoms. The van der Waals surface area contributed by atoms with Crippen LogP contribution < -0.4 is 15.4 Å². The summed E-state index contributed by atoms with van der Waals surface area (Å²) in [6.07, 6.45) is 2.08. The standard InChI is InChI=1S/C27H35N3O4/c1-5-19(3)28-26(32)24(29-25(31)21-9-11-23(34-4)12-10-21)20-13-15-30(16-14-20)27(33)22-8-6-7-18(2)17-22/h6-12,17,19-20,24H,5,13-16H2,1-4H3,(H,28,32)(H,29,31). The molecule has 2 unspecified atom stereocenters. The Balaban J connectivity index is 1.70. The first-order chi connectivity index (χ1) is 16.3. The molecule has 0 saturated carbocycles. The van der Waals surface area contributed by atoms with Crippen LogP contribution in [0.4, 0.5) is 0 Å². The second-order valence-electron chi connectivity index (χ2n) is 9.00. The Bertz CT molecular complexity index is 997. The number of likely N-dealkylation sites (tertiary alicyclic amines) is 1. The van der Waals surface area contributed by atoms with Crippen molar-refractivity contribution in [3.63, 3.8) is 0 Å². The number of hydrogen-bond acceptors (Lipinski definition) is 4. The Labute approximate surface area is 201 Å². The summed E-state index contributed by atoms with van der Waals surface area (Å²) >= 11 is 0. The number of amides is 3. The van der Waals surface area contributed by atoms with Crippen molar-refractivity contribution in [1.29, 1.82) is 0 Å². The number of rotatable bonds is 8. The Kier molecular flexibility index (Phi) is 8.68. The molecule has 1 heterocycles. The summed E-state index contributed by atoms with van der Waals surface area (Å²) in [6, 6.07) is 13.7. The fourth-order valence-electron chi connectivity index (χ4n) is 4.20. The molecule has 0 spiro atoms. The third kappa shape index (κ3) is 6.37. The molecular formula is C27H35N3O4. The summed E-state index contributed by atoms with van der Waals surface area (Å²) in [4.78, 5) is 40.8. The topological polar surface area (TPSA) is 87.7 Å². The largest absolute Gasteiger partial charge is 0.497 e. The highest BCUT2D eigenvalue weighted by Gasteiger charge is 2.34. The second-order valence-corrected chi connectivity index (χ2v) is 9.00. The molecule has 2 N–H and O–H groups in total. The molecule has 3 amide bonds. The Morgan fingerprint density at radius 2 is 1.71 bits per heavy atom. The van der Waals surface area contributed by atoms with Gasteiger partial charge >= 0.3 is 0 Å². The van der Waals surface area contributed by atoms with Crippen LogP contribution in [0.25, 0.3) is 0 Å². The van der Waals surface area contributed by atoms with E-state index >= 15 is 0 Å². The van der Waals surface area contributed by atoms with Gasteiger partial charge in [0.2, 0.25) is 5.91 Å². The lowest BCUT2D eigenvalue weighted by Crippen LogP contribution is -2.55. The minimum Gasteiger partial charge on any atom is -0.497 e. The van der Waals surface area contributed by atoms with Crippen LogP contribution in [0.3, 0.4) is 0 Å². The first-order valence-electron chi connectivity index (χ1n) is 11.9. The van der Waals surface area contributed by atoms with E-state index in [4.69, 9.17) is 4.74 Å². The van der Waals surface area contributed by atoms with E-state index in [9.17, 15) is 14.4 Å². The van der Waals surface area contributed by atoms with Gasteiger partial charge in [0.1, 0.15) is 11.8 Å². The molecule has 1 saturated heterocycles. The normalized spacial score (nSPS) is 15.8. The number of benzene rings is 2. The van der Waals surface area contributed by atoms with Crippen molar-refractivity contribution in [2.75, 3.05) is 20.2 Å². The number of methoxy groups -OCH3 is 1. The molecule has 7 nitrogen and oxygen atoms in total. The van der Waals surface area contributed by atoms with Crippen LogP contribution >= 0.6 is 0 Å². The van der Waals surface area contributed by atoms with Gasteiger partial charge in [-0.15, -0.1) is 0 Å². The van der Waals surface area contributed by atoms with Crippen LogP contribution in [0.5, 0.6) is 5.75 Å². The van der Waals surface area contributed by atoms with Crippen molar-refractivity contribution in [3.05, 3.63) is 65.2 Å². The van der Waals surface area contributed by atoms with Crippen LogP contribution in [-0.2, 0) is 4.79 Å². The van der Waals surface area contributed by atoms with Gasteiger partial charge in [0.05, 0.1) is 7.11 Å². The first-order valence-corrected chi connectivity index (χ1v) is 11.9. The molecule has 0 aliphatic carbocycles. The third-order valence-electron chi connectivity index (χ3n) is 6.49. The summed E-state index contributed by atoms with van der Waals surface area (Å²) in [6.45, 7) is 7.01. The van der Waals surface area contributed by atoms with E-state index in [0.29, 0.717) is 42.8 Å². The summed E-state index contributed by atoms with van der Waals surface area (Å²) in [5.41, 5.74) is 2.19. The van der Waals surface area contributed by atoms with E-state index in [1.54, 1.807) is 31.4 Å². The van der Waals surface area contributed by atoms with Gasteiger partial charge in [-0.25, -0.2) is 0 Å². The first kappa shape index (κ1) is 25.3. The number of carbonyl (C=O) groups excluding carboxylic acids is 3. The molecule has 2 atom stereocenters. The maximum Gasteiger partial charge on any atom is 0.253 e. The van der Waals surface area contributed by atoms with Gasteiger partial charge in [0.15, 0.2) is 0 Å². The van der Waals surface area contributed by atoms with E-state index in [1.807, 2.05) is 49.9 Å². The monoisotopic (exact) mass is 465 g/mol. The number of hydrogen-bond donors (Lipinski definition) is 2. The van der Waals surface area contributed by atoms with Crippen LogP contribution in [0, 0.1) is 12.8 Å². The van der Waals surface area contributed by atoms with Crippen LogP contribution in [0.15, 0.2) is 48.5 Å². The van der Waals surface area contributed by atoms with Crippen LogP contribution in [0.2, 0.25) is 0 Å². The number of nitrogens with zero attached hydrogens (tertiary/aromatic N) is 1. The fourth-order valence-corrected chi connectivity index (χ4v) is 4.20. The highest BCUT2D eigenvalue weighted by molar-refractivity contribution is 5.98. The Morgan fingerprint density at radius 1 is 1.03 bits per heavy atom. The number of nitrogens with one attached hydrogen (secondary N) is 2. The minimum atomic E-state index is -0.667. The molecule has 182 valence electrons. The lowest BCUT2D eigenvalue weighted by Gasteiger charge is -2.36. The van der Waals surface area contributed by atoms with Gasteiger partial charge in [-0.3, -0.25) is 14.4 Å². The quantitative estimate of drug-likeness (QED) is 0.624. The number of carbonyl (C=O) groups is 3. The van der Waals surface area contributed by atoms with Crippen molar-refractivity contribution < 1.29 is 19.1 Å². The van der Waals surface area contributed by atoms with E-state index < -0.39 is 6.04 Å². The zero-order valence-electron chi connectivity index (χ0n) is 20.5. The molecule has 3 rings (SSSR count). The zero-order valence-corrected chi connectivity index (χ0v) is 20.5. The van der Waals surface area contributed by atoms with Crippen LogP contribution in [0.1, 0.15) is 59.4 Å². The van der Waals surface area contributed by atoms with E-state index in [-0.39, 0.29) is 29.7 Å². The van der Waals surface area contributed by atoms with Crippen molar-refractivity contribution in [3.8, 4) is 5.75 Å². The van der Waals surface area contributed by atoms with Crippen molar-refractivity contribution in [1.82, 2.24) is 15.5 Å².